The Morgan fingerprint density at radius 1 is 0.742 bits per heavy atom. The van der Waals surface area contributed by atoms with Crippen LogP contribution >= 0.6 is 7.60 Å². The van der Waals surface area contributed by atoms with Crippen molar-refractivity contribution in [3.05, 3.63) is 12.2 Å². The fraction of sp³-hybridized carbons (Fsp3) is 0.923. The number of quaternary nitrogens is 1. The van der Waals surface area contributed by atoms with Gasteiger partial charge >= 0.3 is 7.60 Å². The molecule has 0 bridgehead atoms. The van der Waals surface area contributed by atoms with Gasteiger partial charge in [0.25, 0.3) is 0 Å². The Bertz CT molecular complexity index is 474. The average molecular weight is 461 g/mol. The fourth-order valence-electron chi connectivity index (χ4n) is 4.20. The Kier molecular flexibility index (Phi) is 19.2. The first-order valence-corrected chi connectivity index (χ1v) is 14.8. The highest BCUT2D eigenvalue weighted by Crippen LogP contribution is 2.51. The van der Waals surface area contributed by atoms with Crippen LogP contribution in [-0.4, -0.2) is 42.9 Å². The van der Waals surface area contributed by atoms with Gasteiger partial charge in [0.1, 0.15) is 0 Å². The molecule has 186 valence electrons. The van der Waals surface area contributed by atoms with E-state index in [-0.39, 0.29) is 5.78 Å². The molecule has 0 fully saturated rings. The predicted octanol–water partition coefficient (Wildman–Crippen LogP) is 8.45. The Morgan fingerprint density at radius 2 is 1.16 bits per heavy atom. The van der Waals surface area contributed by atoms with Crippen molar-refractivity contribution in [1.29, 1.82) is 0 Å². The van der Waals surface area contributed by atoms with Crippen LogP contribution in [0.4, 0.5) is 0 Å². The number of nitrogens with zero attached hydrogens (tertiary/aromatic N) is 1. The molecule has 4 nitrogen and oxygen atoms in total. The van der Waals surface area contributed by atoms with Gasteiger partial charge in [-0.3, -0.25) is 4.57 Å². The molecule has 0 spiro atoms. The van der Waals surface area contributed by atoms with Gasteiger partial charge in [0.2, 0.25) is 0 Å². The van der Waals surface area contributed by atoms with Gasteiger partial charge in [-0.2, -0.15) is 0 Å². The second-order valence-electron chi connectivity index (χ2n) is 10.0. The third-order valence-electron chi connectivity index (χ3n) is 6.07. The maximum Gasteiger partial charge on any atom is 0.385 e. The Balaban J connectivity index is 3.45. The molecule has 1 N–H and O–H groups in total. The SMILES string of the molecule is CCCCC/C=C\CCCCCCCCCCCCCOP(=O)(O)C(CC)[N+](C)(C)C. The van der Waals surface area contributed by atoms with Crippen LogP contribution in [0.1, 0.15) is 123 Å². The molecule has 5 heteroatoms. The number of rotatable bonds is 22. The van der Waals surface area contributed by atoms with Gasteiger partial charge in [-0.1, -0.05) is 96.6 Å². The van der Waals surface area contributed by atoms with Crippen molar-refractivity contribution < 1.29 is 18.5 Å². The quantitative estimate of drug-likeness (QED) is 0.0763. The molecule has 0 aromatic heterocycles. The molecular formula is C26H55NO3P+. The summed E-state index contributed by atoms with van der Waals surface area (Å²) < 4.78 is 18.4. The lowest BCUT2D eigenvalue weighted by Crippen LogP contribution is -2.44. The van der Waals surface area contributed by atoms with Crippen LogP contribution in [-0.2, 0) is 9.09 Å². The second-order valence-corrected chi connectivity index (χ2v) is 12.0. The minimum Gasteiger partial charge on any atom is -0.320 e. The number of unbranched alkanes of at least 4 members (excludes halogenated alkanes) is 14. The summed E-state index contributed by atoms with van der Waals surface area (Å²) in [5, 5.41) is 0. The minimum absolute atomic E-state index is 0.348. The number of hydrogen-bond acceptors (Lipinski definition) is 2. The van der Waals surface area contributed by atoms with E-state index in [1.807, 2.05) is 28.1 Å². The van der Waals surface area contributed by atoms with Crippen molar-refractivity contribution in [3.8, 4) is 0 Å². The van der Waals surface area contributed by atoms with Crippen LogP contribution in [0, 0.1) is 0 Å². The summed E-state index contributed by atoms with van der Waals surface area (Å²) in [5.74, 6) is -0.348. The van der Waals surface area contributed by atoms with Crippen molar-refractivity contribution in [2.75, 3.05) is 27.7 Å². The molecule has 0 aliphatic heterocycles. The Labute approximate surface area is 195 Å². The molecule has 2 unspecified atom stereocenters. The van der Waals surface area contributed by atoms with Gasteiger partial charge in [0.15, 0.2) is 5.78 Å². The van der Waals surface area contributed by atoms with E-state index in [0.29, 0.717) is 17.5 Å². The number of hydrogen-bond donors (Lipinski definition) is 1. The standard InChI is InChI=1S/C26H54NO3P/c1-6-8-9-10-11-12-13-14-15-16-17-18-19-20-21-22-23-24-25-30-31(28,29)26(7-2)27(3,4)5/h11-12,26H,6-10,13-25H2,1-5H3/p+1/b12-11-. The fourth-order valence-corrected chi connectivity index (χ4v) is 6.10. The first kappa shape index (κ1) is 30.9. The first-order chi connectivity index (χ1) is 14.8. The Morgan fingerprint density at radius 3 is 1.58 bits per heavy atom. The van der Waals surface area contributed by atoms with Crippen molar-refractivity contribution in [3.63, 3.8) is 0 Å². The first-order valence-electron chi connectivity index (χ1n) is 13.2. The van der Waals surface area contributed by atoms with Gasteiger partial charge < -0.3 is 13.9 Å². The minimum atomic E-state index is -3.55. The van der Waals surface area contributed by atoms with Crippen molar-refractivity contribution in [1.82, 2.24) is 0 Å². The zero-order valence-electron chi connectivity index (χ0n) is 21.6. The number of allylic oxidation sites excluding steroid dienone is 2. The lowest BCUT2D eigenvalue weighted by Gasteiger charge is -2.35. The van der Waals surface area contributed by atoms with E-state index in [9.17, 15) is 9.46 Å². The summed E-state index contributed by atoms with van der Waals surface area (Å²) in [6.45, 7) is 4.61. The van der Waals surface area contributed by atoms with Crippen LogP contribution in [0.5, 0.6) is 0 Å². The topological polar surface area (TPSA) is 46.5 Å². The van der Waals surface area contributed by atoms with Crippen LogP contribution in [0.25, 0.3) is 0 Å². The summed E-state index contributed by atoms with van der Waals surface area (Å²) in [7, 11) is 2.31. The maximum absolute atomic E-state index is 12.5. The molecule has 0 saturated carbocycles. The van der Waals surface area contributed by atoms with E-state index < -0.39 is 7.60 Å². The average Bonchev–Trinajstić information content (AvgIpc) is 2.68. The van der Waals surface area contributed by atoms with Crippen LogP contribution in [0.3, 0.4) is 0 Å². The third-order valence-corrected chi connectivity index (χ3v) is 8.43. The summed E-state index contributed by atoms with van der Waals surface area (Å²) in [6, 6.07) is 0. The van der Waals surface area contributed by atoms with Gasteiger partial charge in [-0.15, -0.1) is 0 Å². The van der Waals surface area contributed by atoms with E-state index in [4.69, 9.17) is 4.52 Å². The molecule has 0 aliphatic carbocycles. The zero-order valence-corrected chi connectivity index (χ0v) is 22.5. The van der Waals surface area contributed by atoms with E-state index in [0.717, 1.165) is 12.8 Å². The second kappa shape index (κ2) is 19.3. The zero-order chi connectivity index (χ0) is 23.4. The largest absolute Gasteiger partial charge is 0.385 e. The molecule has 0 rings (SSSR count). The van der Waals surface area contributed by atoms with Gasteiger partial charge in [-0.25, -0.2) is 0 Å². The van der Waals surface area contributed by atoms with Crippen molar-refractivity contribution >= 4 is 7.60 Å². The van der Waals surface area contributed by atoms with E-state index in [2.05, 4.69) is 19.1 Å². The monoisotopic (exact) mass is 460 g/mol. The lowest BCUT2D eigenvalue weighted by molar-refractivity contribution is -0.883. The highest BCUT2D eigenvalue weighted by molar-refractivity contribution is 7.53. The molecule has 0 amide bonds. The normalized spacial score (nSPS) is 15.4. The molecule has 0 saturated heterocycles. The predicted molar refractivity (Wildman–Crippen MR) is 137 cm³/mol. The summed E-state index contributed by atoms with van der Waals surface area (Å²) in [5.41, 5.74) is 0. The molecule has 0 aromatic carbocycles. The van der Waals surface area contributed by atoms with E-state index in [1.165, 1.54) is 89.9 Å². The molecule has 0 aliphatic rings. The molecular weight excluding hydrogens is 405 g/mol. The summed E-state index contributed by atoms with van der Waals surface area (Å²) in [4.78, 5) is 10.3. The maximum atomic E-state index is 12.5. The van der Waals surface area contributed by atoms with Crippen LogP contribution < -0.4 is 0 Å². The van der Waals surface area contributed by atoms with Crippen LogP contribution in [0.2, 0.25) is 0 Å². The van der Waals surface area contributed by atoms with Gasteiger partial charge in [0.05, 0.1) is 27.7 Å². The molecule has 31 heavy (non-hydrogen) atoms. The van der Waals surface area contributed by atoms with Crippen molar-refractivity contribution in [2.45, 2.75) is 129 Å². The van der Waals surface area contributed by atoms with Gasteiger partial charge in [0, 0.05) is 6.42 Å². The lowest BCUT2D eigenvalue weighted by atomic mass is 10.1. The summed E-state index contributed by atoms with van der Waals surface area (Å²) >= 11 is 0. The van der Waals surface area contributed by atoms with Gasteiger partial charge in [-0.05, 0) is 32.1 Å². The Hall–Kier alpha value is -0.150. The van der Waals surface area contributed by atoms with E-state index >= 15 is 0 Å². The molecule has 0 radical (unpaired) electrons. The summed E-state index contributed by atoms with van der Waals surface area (Å²) in [6.07, 6.45) is 25.9. The molecule has 2 atom stereocenters. The van der Waals surface area contributed by atoms with Crippen molar-refractivity contribution in [2.24, 2.45) is 0 Å². The molecule has 0 heterocycles. The smallest absolute Gasteiger partial charge is 0.320 e. The highest BCUT2D eigenvalue weighted by atomic mass is 31.2. The highest BCUT2D eigenvalue weighted by Gasteiger charge is 2.41. The molecule has 0 aromatic rings. The van der Waals surface area contributed by atoms with Crippen LogP contribution in [0.15, 0.2) is 12.2 Å². The van der Waals surface area contributed by atoms with E-state index in [1.54, 1.807) is 0 Å². The third kappa shape index (κ3) is 18.0.